The molecule has 0 aliphatic carbocycles. The van der Waals surface area contributed by atoms with Gasteiger partial charge < -0.3 is 14.3 Å². The highest BCUT2D eigenvalue weighted by Crippen LogP contribution is 2.27. The molecule has 27 heavy (non-hydrogen) atoms. The van der Waals surface area contributed by atoms with E-state index in [0.29, 0.717) is 23.3 Å². The number of H-pyrrole nitrogens is 1. The molecule has 0 fully saturated rings. The van der Waals surface area contributed by atoms with E-state index in [-0.39, 0.29) is 11.7 Å². The molecule has 0 spiro atoms. The second kappa shape index (κ2) is 7.07. The normalized spacial score (nSPS) is 11.2. The zero-order valence-electron chi connectivity index (χ0n) is 15.2. The minimum atomic E-state index is -0.144. The molecule has 0 aliphatic heterocycles. The van der Waals surface area contributed by atoms with E-state index in [1.165, 1.54) is 0 Å². The van der Waals surface area contributed by atoms with Gasteiger partial charge in [0.1, 0.15) is 11.6 Å². The fraction of sp³-hybridized carbons (Fsp3) is 0.190. The Bertz CT molecular complexity index is 1130. The van der Waals surface area contributed by atoms with E-state index in [1.54, 1.807) is 18.6 Å². The fourth-order valence-corrected chi connectivity index (χ4v) is 3.02. The van der Waals surface area contributed by atoms with Gasteiger partial charge in [-0.25, -0.2) is 9.97 Å². The van der Waals surface area contributed by atoms with Crippen molar-refractivity contribution in [2.24, 2.45) is 0 Å². The summed E-state index contributed by atoms with van der Waals surface area (Å²) in [5.41, 5.74) is 2.36. The van der Waals surface area contributed by atoms with Gasteiger partial charge in [0.05, 0.1) is 29.9 Å². The van der Waals surface area contributed by atoms with E-state index >= 15 is 0 Å². The van der Waals surface area contributed by atoms with Gasteiger partial charge in [-0.15, -0.1) is 0 Å². The molecule has 0 aliphatic rings. The van der Waals surface area contributed by atoms with E-state index in [9.17, 15) is 4.79 Å². The number of ether oxygens (including phenoxy) is 1. The number of hydrogen-bond acceptors (Lipinski definition) is 4. The van der Waals surface area contributed by atoms with Gasteiger partial charge in [-0.05, 0) is 44.2 Å². The molecule has 2 aromatic heterocycles. The van der Waals surface area contributed by atoms with Crippen molar-refractivity contribution >= 4 is 10.9 Å². The summed E-state index contributed by atoms with van der Waals surface area (Å²) in [6.07, 6.45) is 5.48. The van der Waals surface area contributed by atoms with Crippen LogP contribution in [0.2, 0.25) is 0 Å². The molecular weight excluding hydrogens is 340 g/mol. The lowest BCUT2D eigenvalue weighted by Gasteiger charge is -2.16. The van der Waals surface area contributed by atoms with Crippen molar-refractivity contribution < 1.29 is 4.74 Å². The second-order valence-corrected chi connectivity index (χ2v) is 6.66. The van der Waals surface area contributed by atoms with E-state index in [4.69, 9.17) is 4.74 Å². The lowest BCUT2D eigenvalue weighted by molar-refractivity contribution is 0.239. The van der Waals surface area contributed by atoms with Crippen molar-refractivity contribution in [1.82, 2.24) is 19.5 Å². The fourth-order valence-electron chi connectivity index (χ4n) is 3.02. The summed E-state index contributed by atoms with van der Waals surface area (Å²) in [6.45, 7) is 4.61. The standard InChI is InChI=1S/C21H20N4O2/c1-14(2)27-19-8-7-15(11-16(19)12-25-10-9-22-13-25)20-23-18-6-4-3-5-17(18)21(26)24-20/h3-11,13-14H,12H2,1-2H3,(H,23,24,26). The molecule has 0 amide bonds. The van der Waals surface area contributed by atoms with Crippen LogP contribution in [0.15, 0.2) is 66.0 Å². The zero-order chi connectivity index (χ0) is 18.8. The van der Waals surface area contributed by atoms with Crippen molar-refractivity contribution in [2.75, 3.05) is 0 Å². The summed E-state index contributed by atoms with van der Waals surface area (Å²) < 4.78 is 7.93. The molecule has 136 valence electrons. The van der Waals surface area contributed by atoms with Crippen LogP contribution in [0.5, 0.6) is 5.75 Å². The Morgan fingerprint density at radius 3 is 2.81 bits per heavy atom. The highest BCUT2D eigenvalue weighted by Gasteiger charge is 2.11. The first-order chi connectivity index (χ1) is 13.1. The van der Waals surface area contributed by atoms with Gasteiger partial charge in [-0.2, -0.15) is 0 Å². The van der Waals surface area contributed by atoms with E-state index in [1.807, 2.05) is 61.0 Å². The lowest BCUT2D eigenvalue weighted by atomic mass is 10.1. The monoisotopic (exact) mass is 360 g/mol. The van der Waals surface area contributed by atoms with Crippen LogP contribution in [0.3, 0.4) is 0 Å². The summed E-state index contributed by atoms with van der Waals surface area (Å²) in [4.78, 5) is 24.0. The molecule has 6 heteroatoms. The first-order valence-corrected chi connectivity index (χ1v) is 8.85. The number of para-hydroxylation sites is 1. The molecule has 2 heterocycles. The highest BCUT2D eigenvalue weighted by molar-refractivity contribution is 5.79. The lowest BCUT2D eigenvalue weighted by Crippen LogP contribution is -2.11. The van der Waals surface area contributed by atoms with Crippen molar-refractivity contribution in [3.05, 3.63) is 77.1 Å². The Hall–Kier alpha value is -3.41. The van der Waals surface area contributed by atoms with E-state index in [2.05, 4.69) is 15.0 Å². The number of aromatic nitrogens is 4. The molecule has 4 rings (SSSR count). The largest absolute Gasteiger partial charge is 0.491 e. The van der Waals surface area contributed by atoms with Gasteiger partial charge >= 0.3 is 0 Å². The molecule has 4 aromatic rings. The number of hydrogen-bond donors (Lipinski definition) is 1. The SMILES string of the molecule is CC(C)Oc1ccc(-c2nc3ccccc3c(=O)[nH]2)cc1Cn1ccnc1. The van der Waals surface area contributed by atoms with Crippen LogP contribution in [-0.4, -0.2) is 25.6 Å². The van der Waals surface area contributed by atoms with E-state index < -0.39 is 0 Å². The number of benzene rings is 2. The predicted molar refractivity (Wildman–Crippen MR) is 105 cm³/mol. The molecule has 0 saturated heterocycles. The maximum atomic E-state index is 12.4. The van der Waals surface area contributed by atoms with E-state index in [0.717, 1.165) is 16.9 Å². The third-order valence-electron chi connectivity index (χ3n) is 4.22. The quantitative estimate of drug-likeness (QED) is 0.590. The smallest absolute Gasteiger partial charge is 0.259 e. The number of fused-ring (bicyclic) bond motifs is 1. The van der Waals surface area contributed by atoms with Gasteiger partial charge in [0, 0.05) is 23.5 Å². The summed E-state index contributed by atoms with van der Waals surface area (Å²) in [5.74, 6) is 1.35. The minimum absolute atomic E-state index is 0.0657. The summed E-state index contributed by atoms with van der Waals surface area (Å²) in [6, 6.07) is 13.2. The third-order valence-corrected chi connectivity index (χ3v) is 4.22. The maximum Gasteiger partial charge on any atom is 0.259 e. The van der Waals surface area contributed by atoms with Crippen molar-refractivity contribution in [3.63, 3.8) is 0 Å². The van der Waals surface area contributed by atoms with Crippen LogP contribution in [0.1, 0.15) is 19.4 Å². The van der Waals surface area contributed by atoms with Crippen LogP contribution < -0.4 is 10.3 Å². The van der Waals surface area contributed by atoms with Crippen molar-refractivity contribution in [1.29, 1.82) is 0 Å². The Labute approximate surface area is 156 Å². The Balaban J connectivity index is 1.80. The van der Waals surface area contributed by atoms with Crippen LogP contribution in [0, 0.1) is 0 Å². The molecule has 0 atom stereocenters. The molecule has 2 aromatic carbocycles. The number of imidazole rings is 1. The van der Waals surface area contributed by atoms with Crippen LogP contribution >= 0.6 is 0 Å². The van der Waals surface area contributed by atoms with Crippen molar-refractivity contribution in [3.8, 4) is 17.1 Å². The van der Waals surface area contributed by atoms with Crippen molar-refractivity contribution in [2.45, 2.75) is 26.5 Å². The molecule has 6 nitrogen and oxygen atoms in total. The summed E-state index contributed by atoms with van der Waals surface area (Å²) in [5, 5.41) is 0.583. The maximum absolute atomic E-state index is 12.4. The molecule has 0 saturated carbocycles. The van der Waals surface area contributed by atoms with Gasteiger partial charge in [0.15, 0.2) is 0 Å². The highest BCUT2D eigenvalue weighted by atomic mass is 16.5. The Morgan fingerprint density at radius 1 is 1.19 bits per heavy atom. The minimum Gasteiger partial charge on any atom is -0.491 e. The van der Waals surface area contributed by atoms with Gasteiger partial charge in [0.2, 0.25) is 0 Å². The first-order valence-electron chi connectivity index (χ1n) is 8.85. The van der Waals surface area contributed by atoms with Gasteiger partial charge in [-0.1, -0.05) is 12.1 Å². The summed E-state index contributed by atoms with van der Waals surface area (Å²) >= 11 is 0. The third kappa shape index (κ3) is 3.60. The number of nitrogens with one attached hydrogen (secondary N) is 1. The van der Waals surface area contributed by atoms with Gasteiger partial charge in [-0.3, -0.25) is 4.79 Å². The second-order valence-electron chi connectivity index (χ2n) is 6.66. The number of aromatic amines is 1. The molecular formula is C21H20N4O2. The average Bonchev–Trinajstić information content (AvgIpc) is 3.16. The Kier molecular flexibility index (Phi) is 4.46. The van der Waals surface area contributed by atoms with Crippen LogP contribution in [0.25, 0.3) is 22.3 Å². The van der Waals surface area contributed by atoms with Crippen LogP contribution in [0.4, 0.5) is 0 Å². The predicted octanol–water partition coefficient (Wildman–Crippen LogP) is 3.62. The summed E-state index contributed by atoms with van der Waals surface area (Å²) in [7, 11) is 0. The zero-order valence-corrected chi connectivity index (χ0v) is 15.2. The van der Waals surface area contributed by atoms with Gasteiger partial charge in [0.25, 0.3) is 5.56 Å². The molecule has 0 bridgehead atoms. The molecule has 1 N–H and O–H groups in total. The Morgan fingerprint density at radius 2 is 2.04 bits per heavy atom. The molecule has 0 radical (unpaired) electrons. The molecule has 0 unspecified atom stereocenters. The number of rotatable bonds is 5. The number of nitrogens with zero attached hydrogens (tertiary/aromatic N) is 3. The van der Waals surface area contributed by atoms with Crippen LogP contribution in [-0.2, 0) is 6.54 Å². The topological polar surface area (TPSA) is 72.8 Å². The average molecular weight is 360 g/mol. The first kappa shape index (κ1) is 17.0.